The van der Waals surface area contributed by atoms with Crippen molar-refractivity contribution >= 4 is 33.3 Å². The summed E-state index contributed by atoms with van der Waals surface area (Å²) >= 11 is 3.01. The minimum Gasteiger partial charge on any atom is -0.460 e. The van der Waals surface area contributed by atoms with Gasteiger partial charge in [-0.2, -0.15) is 0 Å². The number of aromatic nitrogens is 2. The average Bonchev–Trinajstić information content (AvgIpc) is 3.22. The van der Waals surface area contributed by atoms with E-state index in [4.69, 9.17) is 14.5 Å². The van der Waals surface area contributed by atoms with Crippen molar-refractivity contribution in [3.8, 4) is 5.75 Å². The molecule has 1 aliphatic heterocycles. The lowest BCUT2D eigenvalue weighted by molar-refractivity contribution is -0.112. The number of aryl methyl sites for hydroxylation is 2. The number of ether oxygens (including phenoxy) is 2. The summed E-state index contributed by atoms with van der Waals surface area (Å²) in [6.07, 6.45) is 3.71. The number of fused-ring (bicyclic) bond motifs is 4. The predicted molar refractivity (Wildman–Crippen MR) is 127 cm³/mol. The second-order valence-electron chi connectivity index (χ2n) is 8.28. The lowest BCUT2D eigenvalue weighted by Gasteiger charge is -2.28. The number of thiophene rings is 1. The molecule has 3 heterocycles. The Labute approximate surface area is 198 Å². The second-order valence-corrected chi connectivity index (χ2v) is 10.3. The highest BCUT2D eigenvalue weighted by Crippen LogP contribution is 2.39. The molecule has 0 bridgehead atoms. The van der Waals surface area contributed by atoms with Crippen LogP contribution in [0.1, 0.15) is 46.3 Å². The number of nitrogens with zero attached hydrogens (tertiary/aromatic N) is 1. The van der Waals surface area contributed by atoms with Crippen molar-refractivity contribution < 1.29 is 13.9 Å². The number of rotatable bonds is 4. The van der Waals surface area contributed by atoms with E-state index in [1.807, 2.05) is 30.3 Å². The first-order valence-electron chi connectivity index (χ1n) is 11.0. The zero-order valence-electron chi connectivity index (χ0n) is 17.7. The van der Waals surface area contributed by atoms with Gasteiger partial charge in [0.05, 0.1) is 12.0 Å². The van der Waals surface area contributed by atoms with Gasteiger partial charge in [0.2, 0.25) is 6.29 Å². The molecule has 8 heteroatoms. The van der Waals surface area contributed by atoms with E-state index >= 15 is 0 Å². The summed E-state index contributed by atoms with van der Waals surface area (Å²) in [7, 11) is 0. The van der Waals surface area contributed by atoms with Gasteiger partial charge in [-0.05, 0) is 43.4 Å². The Bertz CT molecular complexity index is 1400. The van der Waals surface area contributed by atoms with E-state index in [1.165, 1.54) is 34.3 Å². The third-order valence-electron chi connectivity index (χ3n) is 6.06. The molecule has 0 amide bonds. The maximum absolute atomic E-state index is 14.3. The number of benzene rings is 2. The molecule has 6 rings (SSSR count). The summed E-state index contributed by atoms with van der Waals surface area (Å²) < 4.78 is 26.3. The number of halogens is 1. The van der Waals surface area contributed by atoms with Crippen LogP contribution >= 0.6 is 23.1 Å². The van der Waals surface area contributed by atoms with Crippen molar-refractivity contribution in [1.29, 1.82) is 0 Å². The zero-order chi connectivity index (χ0) is 22.4. The van der Waals surface area contributed by atoms with Crippen LogP contribution in [0, 0.1) is 5.82 Å². The van der Waals surface area contributed by atoms with Crippen LogP contribution in [0.5, 0.6) is 5.75 Å². The lowest BCUT2D eigenvalue weighted by Crippen LogP contribution is -2.19. The summed E-state index contributed by atoms with van der Waals surface area (Å²) in [6.45, 7) is 0.270. The summed E-state index contributed by atoms with van der Waals surface area (Å²) in [5.74, 6) is 0.720. The van der Waals surface area contributed by atoms with Crippen LogP contribution in [-0.4, -0.2) is 9.97 Å². The van der Waals surface area contributed by atoms with Crippen LogP contribution in [0.4, 0.5) is 4.39 Å². The van der Waals surface area contributed by atoms with Gasteiger partial charge in [-0.25, -0.2) is 9.37 Å². The van der Waals surface area contributed by atoms with Gasteiger partial charge in [-0.1, -0.05) is 42.1 Å². The van der Waals surface area contributed by atoms with E-state index in [-0.39, 0.29) is 18.0 Å². The Balaban J connectivity index is 1.29. The van der Waals surface area contributed by atoms with Gasteiger partial charge in [0.25, 0.3) is 5.56 Å². The van der Waals surface area contributed by atoms with Crippen LogP contribution in [0.15, 0.2) is 52.4 Å². The Hall–Kier alpha value is -2.68. The smallest absolute Gasteiger partial charge is 0.260 e. The molecule has 0 unspecified atom stereocenters. The van der Waals surface area contributed by atoms with Crippen LogP contribution in [0.25, 0.3) is 10.2 Å². The molecule has 2 aliphatic rings. The molecule has 4 aromatic rings. The molecule has 0 fully saturated rings. The molecule has 0 saturated heterocycles. The molecule has 0 spiro atoms. The van der Waals surface area contributed by atoms with Crippen molar-refractivity contribution in [1.82, 2.24) is 9.97 Å². The first-order chi connectivity index (χ1) is 16.2. The van der Waals surface area contributed by atoms with Gasteiger partial charge in [0, 0.05) is 27.3 Å². The molecule has 0 radical (unpaired) electrons. The van der Waals surface area contributed by atoms with Gasteiger partial charge in [0.15, 0.2) is 5.16 Å². The van der Waals surface area contributed by atoms with Crippen LogP contribution in [-0.2, 0) is 29.9 Å². The van der Waals surface area contributed by atoms with E-state index in [1.54, 1.807) is 11.3 Å². The molecular formula is C25H21FN2O3S2. The van der Waals surface area contributed by atoms with Crippen LogP contribution < -0.4 is 10.3 Å². The van der Waals surface area contributed by atoms with Crippen molar-refractivity contribution in [2.45, 2.75) is 49.5 Å². The minimum absolute atomic E-state index is 0.0861. The summed E-state index contributed by atoms with van der Waals surface area (Å²) in [4.78, 5) is 22.6. The lowest BCUT2D eigenvalue weighted by atomic mass is 9.97. The van der Waals surface area contributed by atoms with Crippen molar-refractivity contribution in [3.05, 3.63) is 85.8 Å². The molecule has 5 nitrogen and oxygen atoms in total. The third-order valence-corrected chi connectivity index (χ3v) is 8.17. The molecule has 1 aliphatic carbocycles. The normalized spacial score (nSPS) is 17.4. The molecule has 2 aromatic heterocycles. The van der Waals surface area contributed by atoms with E-state index < -0.39 is 6.29 Å². The summed E-state index contributed by atoms with van der Waals surface area (Å²) in [5.41, 5.74) is 3.39. The number of hydrogen-bond acceptors (Lipinski definition) is 6. The Morgan fingerprint density at radius 2 is 2.03 bits per heavy atom. The fraction of sp³-hybridized carbons (Fsp3) is 0.280. The van der Waals surface area contributed by atoms with Gasteiger partial charge in [0.1, 0.15) is 16.4 Å². The van der Waals surface area contributed by atoms with Gasteiger partial charge >= 0.3 is 0 Å². The number of nitrogens with one attached hydrogen (secondary N) is 1. The molecule has 1 atom stereocenters. The molecular weight excluding hydrogens is 459 g/mol. The minimum atomic E-state index is -0.542. The van der Waals surface area contributed by atoms with Gasteiger partial charge < -0.3 is 14.5 Å². The molecule has 33 heavy (non-hydrogen) atoms. The predicted octanol–water partition coefficient (Wildman–Crippen LogP) is 5.90. The third kappa shape index (κ3) is 3.96. The largest absolute Gasteiger partial charge is 0.460 e. The van der Waals surface area contributed by atoms with Crippen molar-refractivity contribution in [2.24, 2.45) is 0 Å². The topological polar surface area (TPSA) is 64.2 Å². The van der Waals surface area contributed by atoms with Crippen LogP contribution in [0.2, 0.25) is 0 Å². The van der Waals surface area contributed by atoms with E-state index in [2.05, 4.69) is 4.98 Å². The summed E-state index contributed by atoms with van der Waals surface area (Å²) in [6, 6.07) is 12.6. The number of thioether (sulfide) groups is 1. The van der Waals surface area contributed by atoms with Crippen molar-refractivity contribution in [2.75, 3.05) is 0 Å². The van der Waals surface area contributed by atoms with E-state index in [9.17, 15) is 9.18 Å². The first-order valence-corrected chi connectivity index (χ1v) is 12.8. The number of aromatic amines is 1. The SMILES string of the molecule is O=c1[nH]c(SCc2cc(F)cc3c2O[C@@H](c2ccccc2)OC3)nc2sc3c(c12)CCCC3. The highest BCUT2D eigenvalue weighted by atomic mass is 32.2. The quantitative estimate of drug-likeness (QED) is 0.291. The maximum atomic E-state index is 14.3. The fourth-order valence-corrected chi connectivity index (χ4v) is 6.66. The van der Waals surface area contributed by atoms with Gasteiger partial charge in [-0.15, -0.1) is 11.3 Å². The van der Waals surface area contributed by atoms with E-state index in [0.717, 1.165) is 41.5 Å². The highest BCUT2D eigenvalue weighted by Gasteiger charge is 2.26. The highest BCUT2D eigenvalue weighted by molar-refractivity contribution is 7.98. The molecule has 168 valence electrons. The monoisotopic (exact) mass is 480 g/mol. The Morgan fingerprint density at radius 3 is 2.91 bits per heavy atom. The van der Waals surface area contributed by atoms with Gasteiger partial charge in [-0.3, -0.25) is 4.79 Å². The zero-order valence-corrected chi connectivity index (χ0v) is 19.4. The number of H-pyrrole nitrogens is 1. The molecule has 2 aromatic carbocycles. The first kappa shape index (κ1) is 20.9. The van der Waals surface area contributed by atoms with Crippen molar-refractivity contribution in [3.63, 3.8) is 0 Å². The Morgan fingerprint density at radius 1 is 1.18 bits per heavy atom. The molecule has 1 N–H and O–H groups in total. The number of hydrogen-bond donors (Lipinski definition) is 1. The summed E-state index contributed by atoms with van der Waals surface area (Å²) in [5, 5.41) is 1.28. The second kappa shape index (κ2) is 8.59. The maximum Gasteiger partial charge on any atom is 0.260 e. The molecule has 0 saturated carbocycles. The van der Waals surface area contributed by atoms with E-state index in [0.29, 0.717) is 27.8 Å². The Kier molecular flexibility index (Phi) is 5.44. The average molecular weight is 481 g/mol. The fourth-order valence-electron chi connectivity index (χ4n) is 4.52. The van der Waals surface area contributed by atoms with Crippen LogP contribution in [0.3, 0.4) is 0 Å². The standard InChI is InChI=1S/C25H21FN2O3S2/c26-17-10-15-12-30-24(14-6-2-1-3-7-14)31-21(15)16(11-17)13-32-25-27-22(29)20-18-8-4-5-9-19(18)33-23(20)28-25/h1-3,6-7,10-11,24H,4-5,8-9,12-13H2,(H,27,28,29)/t24-/m0/s1.